The lowest BCUT2D eigenvalue weighted by molar-refractivity contribution is 0.481. The Kier molecular flexibility index (Phi) is 10.4. The van der Waals surface area contributed by atoms with E-state index in [0.29, 0.717) is 5.82 Å². The van der Waals surface area contributed by atoms with E-state index >= 15 is 0 Å². The fourth-order valence-corrected chi connectivity index (χ4v) is 4.30. The summed E-state index contributed by atoms with van der Waals surface area (Å²) in [4.78, 5) is 1.70. The summed E-state index contributed by atoms with van der Waals surface area (Å²) in [5.41, 5.74) is 1.90. The fraction of sp³-hybridized carbons (Fsp3) is 0.600. The summed E-state index contributed by atoms with van der Waals surface area (Å²) in [6.07, 6.45) is 9.65. The molecule has 8 nitrogen and oxygen atoms in total. The highest BCUT2D eigenvalue weighted by molar-refractivity contribution is 14.1. The van der Waals surface area contributed by atoms with Crippen LogP contribution >= 0.6 is 45.2 Å². The van der Waals surface area contributed by atoms with E-state index in [9.17, 15) is 0 Å². The van der Waals surface area contributed by atoms with E-state index in [0.717, 1.165) is 42.9 Å². The summed E-state index contributed by atoms with van der Waals surface area (Å²) < 4.78 is 4.34. The van der Waals surface area contributed by atoms with Crippen LogP contribution in [0.5, 0.6) is 0 Å². The summed E-state index contributed by atoms with van der Waals surface area (Å²) in [5, 5.41) is 25.3. The molecule has 162 valence electrons. The first-order valence-electron chi connectivity index (χ1n) is 10.6. The molecule has 0 unspecified atom stereocenters. The number of tetrazole rings is 2. The fourth-order valence-electron chi connectivity index (χ4n) is 3.22. The average molecular weight is 634 g/mol. The van der Waals surface area contributed by atoms with Crippen molar-refractivity contribution in [1.82, 2.24) is 40.4 Å². The molecule has 30 heavy (non-hydrogen) atoms. The summed E-state index contributed by atoms with van der Waals surface area (Å²) in [6, 6.07) is 8.07. The molecule has 2 aromatic heterocycles. The maximum atomic E-state index is 4.56. The molecule has 0 aliphatic carbocycles. The van der Waals surface area contributed by atoms with Crippen molar-refractivity contribution < 1.29 is 0 Å². The minimum absolute atomic E-state index is 0.641. The second-order valence-electron chi connectivity index (χ2n) is 7.22. The molecule has 3 aromatic rings. The van der Waals surface area contributed by atoms with E-state index in [-0.39, 0.29) is 0 Å². The van der Waals surface area contributed by atoms with Crippen LogP contribution in [0.4, 0.5) is 0 Å². The van der Waals surface area contributed by atoms with Crippen molar-refractivity contribution in [3.8, 4) is 22.8 Å². The van der Waals surface area contributed by atoms with Gasteiger partial charge in [-0.15, -0.1) is 15.3 Å². The van der Waals surface area contributed by atoms with E-state index in [4.69, 9.17) is 0 Å². The lowest BCUT2D eigenvalue weighted by Crippen LogP contribution is -2.03. The van der Waals surface area contributed by atoms with Gasteiger partial charge >= 0.3 is 0 Å². The van der Waals surface area contributed by atoms with Crippen LogP contribution in [0.1, 0.15) is 51.4 Å². The quantitative estimate of drug-likeness (QED) is 0.141. The van der Waals surface area contributed by atoms with Gasteiger partial charge in [0.1, 0.15) is 0 Å². The molecule has 0 spiro atoms. The first-order chi connectivity index (χ1) is 14.8. The third-order valence-corrected chi connectivity index (χ3v) is 6.38. The molecular formula is C20H28I2N8. The molecule has 0 aliphatic rings. The van der Waals surface area contributed by atoms with Gasteiger partial charge in [0.05, 0.1) is 6.54 Å². The van der Waals surface area contributed by atoms with Crippen LogP contribution in [-0.4, -0.2) is 49.3 Å². The number of hydrogen-bond acceptors (Lipinski definition) is 6. The standard InChI is InChI=1S/C20H28I2N8/c21-12-5-1-3-7-14-29-20(24-26-28-29)18-11-9-10-17(16-18)19-23-27-30(25-19)15-8-4-2-6-13-22/h9-11,16H,1-8,12-15H2. The zero-order valence-electron chi connectivity index (χ0n) is 17.1. The first kappa shape index (κ1) is 23.5. The highest BCUT2D eigenvalue weighted by Gasteiger charge is 2.12. The second kappa shape index (κ2) is 13.3. The highest BCUT2D eigenvalue weighted by atomic mass is 127. The van der Waals surface area contributed by atoms with Crippen LogP contribution < -0.4 is 0 Å². The Bertz CT molecular complexity index is 879. The maximum absolute atomic E-state index is 4.56. The largest absolute Gasteiger partial charge is 0.225 e. The van der Waals surface area contributed by atoms with Gasteiger partial charge in [-0.3, -0.25) is 0 Å². The van der Waals surface area contributed by atoms with Gasteiger partial charge in [-0.2, -0.15) is 4.80 Å². The molecule has 0 amide bonds. The molecule has 0 aliphatic heterocycles. The van der Waals surface area contributed by atoms with Gasteiger partial charge in [0, 0.05) is 17.7 Å². The Morgan fingerprint density at radius 2 is 1.43 bits per heavy atom. The Balaban J connectivity index is 1.61. The van der Waals surface area contributed by atoms with Crippen LogP contribution in [0.3, 0.4) is 0 Å². The molecule has 10 heteroatoms. The molecule has 3 rings (SSSR count). The molecule has 0 saturated carbocycles. The van der Waals surface area contributed by atoms with E-state index in [2.05, 4.69) is 76.1 Å². The number of alkyl halides is 2. The van der Waals surface area contributed by atoms with Gasteiger partial charge in [0.15, 0.2) is 5.82 Å². The van der Waals surface area contributed by atoms with Crippen molar-refractivity contribution in [2.45, 2.75) is 64.5 Å². The zero-order chi connectivity index (χ0) is 21.0. The normalized spacial score (nSPS) is 11.3. The van der Waals surface area contributed by atoms with Gasteiger partial charge in [-0.05, 0) is 56.2 Å². The molecule has 0 N–H and O–H groups in total. The number of rotatable bonds is 14. The van der Waals surface area contributed by atoms with Gasteiger partial charge in [0.25, 0.3) is 0 Å². The number of benzene rings is 1. The average Bonchev–Trinajstić information content (AvgIpc) is 3.43. The number of nitrogens with zero attached hydrogens (tertiary/aromatic N) is 8. The van der Waals surface area contributed by atoms with Crippen molar-refractivity contribution in [3.63, 3.8) is 0 Å². The Labute approximate surface area is 204 Å². The van der Waals surface area contributed by atoms with E-state index in [1.54, 1.807) is 4.80 Å². The molecular weight excluding hydrogens is 606 g/mol. The van der Waals surface area contributed by atoms with Gasteiger partial charge < -0.3 is 0 Å². The van der Waals surface area contributed by atoms with Crippen molar-refractivity contribution in [3.05, 3.63) is 24.3 Å². The zero-order valence-corrected chi connectivity index (χ0v) is 21.4. The monoisotopic (exact) mass is 634 g/mol. The van der Waals surface area contributed by atoms with Crippen LogP contribution in [-0.2, 0) is 13.1 Å². The number of halogens is 2. The summed E-state index contributed by atoms with van der Waals surface area (Å²) in [7, 11) is 0. The van der Waals surface area contributed by atoms with Gasteiger partial charge in [-0.25, -0.2) is 4.68 Å². The van der Waals surface area contributed by atoms with E-state index < -0.39 is 0 Å². The number of unbranched alkanes of at least 4 members (excludes halogenated alkanes) is 6. The minimum atomic E-state index is 0.641. The number of aryl methyl sites for hydroxylation is 2. The Morgan fingerprint density at radius 1 is 0.733 bits per heavy atom. The predicted octanol–water partition coefficient (Wildman–Crippen LogP) is 4.98. The molecule has 0 radical (unpaired) electrons. The summed E-state index contributed by atoms with van der Waals surface area (Å²) in [6.45, 7) is 1.64. The van der Waals surface area contributed by atoms with Crippen molar-refractivity contribution >= 4 is 45.2 Å². The van der Waals surface area contributed by atoms with Gasteiger partial charge in [0.2, 0.25) is 5.82 Å². The topological polar surface area (TPSA) is 87.2 Å². The van der Waals surface area contributed by atoms with Crippen molar-refractivity contribution in [1.29, 1.82) is 0 Å². The molecule has 0 atom stereocenters. The third-order valence-electron chi connectivity index (χ3n) is 4.86. The van der Waals surface area contributed by atoms with Crippen molar-refractivity contribution in [2.75, 3.05) is 8.86 Å². The first-order valence-corrected chi connectivity index (χ1v) is 13.6. The summed E-state index contributed by atoms with van der Waals surface area (Å²) in [5.74, 6) is 1.43. The molecule has 1 aromatic carbocycles. The molecule has 2 heterocycles. The second-order valence-corrected chi connectivity index (χ2v) is 9.38. The lowest BCUT2D eigenvalue weighted by atomic mass is 10.1. The van der Waals surface area contributed by atoms with Crippen LogP contribution in [0, 0.1) is 0 Å². The smallest absolute Gasteiger partial charge is 0.204 e. The minimum Gasteiger partial charge on any atom is -0.225 e. The molecule has 0 bridgehead atoms. The van der Waals surface area contributed by atoms with Gasteiger partial charge in [-0.1, -0.05) is 89.1 Å². The number of hydrogen-bond donors (Lipinski definition) is 0. The van der Waals surface area contributed by atoms with Crippen LogP contribution in [0.25, 0.3) is 22.8 Å². The van der Waals surface area contributed by atoms with E-state index in [1.807, 2.05) is 28.9 Å². The highest BCUT2D eigenvalue weighted by Crippen LogP contribution is 2.22. The van der Waals surface area contributed by atoms with Crippen LogP contribution in [0.2, 0.25) is 0 Å². The summed E-state index contributed by atoms with van der Waals surface area (Å²) >= 11 is 4.85. The SMILES string of the molecule is ICCCCCCn1nnc(-c2cccc(-c3nnnn3CCCCCCI)c2)n1. The predicted molar refractivity (Wildman–Crippen MR) is 135 cm³/mol. The third kappa shape index (κ3) is 7.20. The Morgan fingerprint density at radius 3 is 2.20 bits per heavy atom. The lowest BCUT2D eigenvalue weighted by Gasteiger charge is -2.05. The molecule has 0 fully saturated rings. The van der Waals surface area contributed by atoms with Crippen LogP contribution in [0.15, 0.2) is 24.3 Å². The Hall–Kier alpha value is -1.18. The number of aromatic nitrogens is 8. The van der Waals surface area contributed by atoms with Crippen molar-refractivity contribution in [2.24, 2.45) is 0 Å². The maximum Gasteiger partial charge on any atom is 0.204 e. The molecule has 0 saturated heterocycles. The van der Waals surface area contributed by atoms with E-state index in [1.165, 1.54) is 47.4 Å².